The van der Waals surface area contributed by atoms with Crippen molar-refractivity contribution in [3.8, 4) is 12.3 Å². The molecule has 0 aliphatic carbocycles. The summed E-state index contributed by atoms with van der Waals surface area (Å²) in [7, 11) is 0. The van der Waals surface area contributed by atoms with Crippen LogP contribution in [0.4, 0.5) is 17.1 Å². The fraction of sp³-hybridized carbons (Fsp3) is 0.250. The summed E-state index contributed by atoms with van der Waals surface area (Å²) in [6, 6.07) is 3.00. The molecule has 1 aromatic rings. The van der Waals surface area contributed by atoms with Gasteiger partial charge in [-0.1, -0.05) is 0 Å². The zero-order valence-electron chi connectivity index (χ0n) is 9.53. The fourth-order valence-electron chi connectivity index (χ4n) is 1.82. The molecule has 6 heteroatoms. The van der Waals surface area contributed by atoms with Crippen LogP contribution < -0.4 is 10.6 Å². The second-order valence-corrected chi connectivity index (χ2v) is 3.89. The highest BCUT2D eigenvalue weighted by atomic mass is 16.6. The summed E-state index contributed by atoms with van der Waals surface area (Å²) in [6.45, 7) is 0.448. The van der Waals surface area contributed by atoms with Gasteiger partial charge < -0.3 is 10.6 Å². The number of carbonyl (C=O) groups excluding carboxylic acids is 1. The van der Waals surface area contributed by atoms with E-state index in [2.05, 4.69) is 16.6 Å². The van der Waals surface area contributed by atoms with Crippen molar-refractivity contribution in [2.45, 2.75) is 12.8 Å². The van der Waals surface area contributed by atoms with E-state index in [1.165, 1.54) is 6.07 Å². The Morgan fingerprint density at radius 2 is 2.33 bits per heavy atom. The molecule has 1 aromatic carbocycles. The SMILES string of the molecule is C#CCCNc1cc2c(cc1[N+](=O)[O-])CC(=O)N2. The summed E-state index contributed by atoms with van der Waals surface area (Å²) in [4.78, 5) is 21.7. The van der Waals surface area contributed by atoms with Gasteiger partial charge in [0.05, 0.1) is 11.3 Å². The van der Waals surface area contributed by atoms with Crippen molar-refractivity contribution in [2.75, 3.05) is 17.2 Å². The maximum Gasteiger partial charge on any atom is 0.292 e. The lowest BCUT2D eigenvalue weighted by Gasteiger charge is -2.07. The third kappa shape index (κ3) is 2.25. The molecule has 1 amide bonds. The van der Waals surface area contributed by atoms with Crippen molar-refractivity contribution in [2.24, 2.45) is 0 Å². The minimum absolute atomic E-state index is 0.0396. The Morgan fingerprint density at radius 1 is 1.56 bits per heavy atom. The molecule has 1 aliphatic rings. The predicted molar refractivity (Wildman–Crippen MR) is 67.4 cm³/mol. The molecule has 2 rings (SSSR count). The van der Waals surface area contributed by atoms with Gasteiger partial charge in [0, 0.05) is 24.7 Å². The molecule has 18 heavy (non-hydrogen) atoms. The van der Waals surface area contributed by atoms with Gasteiger partial charge in [0.2, 0.25) is 5.91 Å². The van der Waals surface area contributed by atoms with E-state index in [0.29, 0.717) is 29.9 Å². The number of terminal acetylenes is 1. The van der Waals surface area contributed by atoms with Crippen molar-refractivity contribution in [1.29, 1.82) is 0 Å². The summed E-state index contributed by atoms with van der Waals surface area (Å²) >= 11 is 0. The lowest BCUT2D eigenvalue weighted by atomic mass is 10.1. The van der Waals surface area contributed by atoms with E-state index in [-0.39, 0.29) is 18.0 Å². The zero-order valence-corrected chi connectivity index (χ0v) is 9.53. The number of benzene rings is 1. The molecule has 6 nitrogen and oxygen atoms in total. The van der Waals surface area contributed by atoms with Crippen LogP contribution in [0.25, 0.3) is 0 Å². The third-order valence-corrected chi connectivity index (χ3v) is 2.63. The standard InChI is InChI=1S/C12H11N3O3/c1-2-3-4-13-10-7-9-8(6-12(16)14-9)5-11(10)15(17)18/h1,5,7,13H,3-4,6H2,(H,14,16). The van der Waals surface area contributed by atoms with Crippen LogP contribution in [0, 0.1) is 22.5 Å². The molecule has 0 fully saturated rings. The number of amides is 1. The molecule has 2 N–H and O–H groups in total. The van der Waals surface area contributed by atoms with Gasteiger partial charge in [-0.2, -0.15) is 0 Å². The molecule has 0 radical (unpaired) electrons. The van der Waals surface area contributed by atoms with Crippen molar-refractivity contribution in [3.05, 3.63) is 27.8 Å². The molecule has 0 spiro atoms. The lowest BCUT2D eigenvalue weighted by molar-refractivity contribution is -0.384. The van der Waals surface area contributed by atoms with E-state index in [0.717, 1.165) is 0 Å². The normalized spacial score (nSPS) is 12.5. The monoisotopic (exact) mass is 245 g/mol. The van der Waals surface area contributed by atoms with Gasteiger partial charge >= 0.3 is 0 Å². The summed E-state index contributed by atoms with van der Waals surface area (Å²) in [6.07, 6.45) is 5.77. The van der Waals surface area contributed by atoms with Crippen LogP contribution in [0.2, 0.25) is 0 Å². The molecule has 0 atom stereocenters. The second-order valence-electron chi connectivity index (χ2n) is 3.89. The highest BCUT2D eigenvalue weighted by Crippen LogP contribution is 2.34. The summed E-state index contributed by atoms with van der Waals surface area (Å²) in [5.74, 6) is 2.29. The number of nitro benzene ring substituents is 1. The van der Waals surface area contributed by atoms with Crippen LogP contribution in [0.1, 0.15) is 12.0 Å². The van der Waals surface area contributed by atoms with Gasteiger partial charge in [0.15, 0.2) is 0 Å². The number of carbonyl (C=O) groups is 1. The van der Waals surface area contributed by atoms with Crippen LogP contribution in [0.15, 0.2) is 12.1 Å². The number of nitrogens with zero attached hydrogens (tertiary/aromatic N) is 1. The van der Waals surface area contributed by atoms with Crippen LogP contribution in [0.5, 0.6) is 0 Å². The fourth-order valence-corrected chi connectivity index (χ4v) is 1.82. The molecule has 0 aromatic heterocycles. The molecule has 0 bridgehead atoms. The van der Waals surface area contributed by atoms with Crippen molar-refractivity contribution < 1.29 is 9.72 Å². The number of hydrogen-bond acceptors (Lipinski definition) is 4. The summed E-state index contributed by atoms with van der Waals surface area (Å²) in [5.41, 5.74) is 1.60. The Labute approximate surface area is 104 Å². The van der Waals surface area contributed by atoms with E-state index in [1.54, 1.807) is 6.07 Å². The van der Waals surface area contributed by atoms with E-state index in [4.69, 9.17) is 6.42 Å². The summed E-state index contributed by atoms with van der Waals surface area (Å²) < 4.78 is 0. The van der Waals surface area contributed by atoms with Gasteiger partial charge in [-0.05, 0) is 11.6 Å². The van der Waals surface area contributed by atoms with E-state index >= 15 is 0 Å². The van der Waals surface area contributed by atoms with Crippen LogP contribution in [-0.4, -0.2) is 17.4 Å². The molecular formula is C12H11N3O3. The highest BCUT2D eigenvalue weighted by molar-refractivity contribution is 6.00. The topological polar surface area (TPSA) is 84.3 Å². The summed E-state index contributed by atoms with van der Waals surface area (Å²) in [5, 5.41) is 16.5. The number of nitrogens with one attached hydrogen (secondary N) is 2. The van der Waals surface area contributed by atoms with Gasteiger partial charge in [0.1, 0.15) is 5.69 Å². The number of rotatable bonds is 4. The molecule has 0 unspecified atom stereocenters. The Hall–Kier alpha value is -2.55. The third-order valence-electron chi connectivity index (χ3n) is 2.63. The minimum atomic E-state index is -0.471. The Bertz CT molecular complexity index is 560. The Morgan fingerprint density at radius 3 is 3.00 bits per heavy atom. The first-order chi connectivity index (χ1) is 8.61. The number of nitro groups is 1. The molecular weight excluding hydrogens is 234 g/mol. The van der Waals surface area contributed by atoms with E-state index in [9.17, 15) is 14.9 Å². The maximum absolute atomic E-state index is 11.2. The number of hydrogen-bond donors (Lipinski definition) is 2. The van der Waals surface area contributed by atoms with Crippen LogP contribution in [-0.2, 0) is 11.2 Å². The van der Waals surface area contributed by atoms with Gasteiger partial charge in [0.25, 0.3) is 5.69 Å². The van der Waals surface area contributed by atoms with E-state index < -0.39 is 4.92 Å². The van der Waals surface area contributed by atoms with Crippen molar-refractivity contribution in [1.82, 2.24) is 0 Å². The average Bonchev–Trinajstić information content (AvgIpc) is 2.67. The first-order valence-corrected chi connectivity index (χ1v) is 5.40. The second kappa shape index (κ2) is 4.75. The van der Waals surface area contributed by atoms with Gasteiger partial charge in [-0.3, -0.25) is 14.9 Å². The molecule has 1 aliphatic heterocycles. The minimum Gasteiger partial charge on any atom is -0.378 e. The molecule has 92 valence electrons. The predicted octanol–water partition coefficient (Wildman–Crippen LogP) is 1.52. The van der Waals surface area contributed by atoms with Crippen molar-refractivity contribution >= 4 is 23.0 Å². The Balaban J connectivity index is 2.33. The average molecular weight is 245 g/mol. The van der Waals surface area contributed by atoms with E-state index in [1.807, 2.05) is 0 Å². The van der Waals surface area contributed by atoms with Gasteiger partial charge in [-0.25, -0.2) is 0 Å². The van der Waals surface area contributed by atoms with Crippen LogP contribution in [0.3, 0.4) is 0 Å². The maximum atomic E-state index is 11.2. The zero-order chi connectivity index (χ0) is 13.1. The Kier molecular flexibility index (Phi) is 3.15. The van der Waals surface area contributed by atoms with Crippen molar-refractivity contribution in [3.63, 3.8) is 0 Å². The first-order valence-electron chi connectivity index (χ1n) is 5.40. The first kappa shape index (κ1) is 11.9. The molecule has 0 saturated heterocycles. The quantitative estimate of drug-likeness (QED) is 0.364. The van der Waals surface area contributed by atoms with Gasteiger partial charge in [-0.15, -0.1) is 12.3 Å². The lowest BCUT2D eigenvalue weighted by Crippen LogP contribution is -2.05. The van der Waals surface area contributed by atoms with Crippen LogP contribution >= 0.6 is 0 Å². The number of anilines is 2. The smallest absolute Gasteiger partial charge is 0.292 e. The highest BCUT2D eigenvalue weighted by Gasteiger charge is 2.24. The largest absolute Gasteiger partial charge is 0.378 e. The molecule has 1 heterocycles. The number of fused-ring (bicyclic) bond motifs is 1. The molecule has 0 saturated carbocycles.